The van der Waals surface area contributed by atoms with Crippen LogP contribution in [-0.4, -0.2) is 69.9 Å². The molecule has 0 radical (unpaired) electrons. The molecule has 0 spiro atoms. The van der Waals surface area contributed by atoms with Crippen molar-refractivity contribution in [2.24, 2.45) is 11.5 Å². The molecule has 7 nitrogen and oxygen atoms in total. The lowest BCUT2D eigenvalue weighted by molar-refractivity contribution is -0.513. The molecule has 2 aliphatic rings. The molecule has 0 aliphatic carbocycles. The highest BCUT2D eigenvalue weighted by Gasteiger charge is 2.39. The number of alkyl halides is 2. The van der Waals surface area contributed by atoms with E-state index >= 15 is 0 Å². The van der Waals surface area contributed by atoms with E-state index in [0.29, 0.717) is 38.3 Å². The first kappa shape index (κ1) is 23.2. The predicted molar refractivity (Wildman–Crippen MR) is 119 cm³/mol. The number of benzene rings is 1. The van der Waals surface area contributed by atoms with Gasteiger partial charge in [-0.3, -0.25) is 15.2 Å². The van der Waals surface area contributed by atoms with Crippen molar-refractivity contribution >= 4 is 40.0 Å². The maximum absolute atomic E-state index is 14.7. The fourth-order valence-corrected chi connectivity index (χ4v) is 4.45. The predicted octanol–water partition coefficient (Wildman–Crippen LogP) is 1.21. The van der Waals surface area contributed by atoms with E-state index in [1.807, 2.05) is 19.2 Å². The Morgan fingerprint density at radius 3 is 2.53 bits per heavy atom. The number of hydrogen-bond donors (Lipinski definition) is 4. The van der Waals surface area contributed by atoms with Crippen molar-refractivity contribution < 1.29 is 23.6 Å². The van der Waals surface area contributed by atoms with Crippen LogP contribution in [0.5, 0.6) is 0 Å². The Balaban J connectivity index is 1.81. The van der Waals surface area contributed by atoms with Crippen LogP contribution in [0.2, 0.25) is 0 Å². The molecule has 3 rings (SSSR count). The number of fused-ring (bicyclic) bond motifs is 1. The Hall–Kier alpha value is -1.47. The summed E-state index contributed by atoms with van der Waals surface area (Å²) in [5.41, 5.74) is 14.1. The van der Waals surface area contributed by atoms with Gasteiger partial charge >= 0.3 is 0 Å². The minimum atomic E-state index is -2.24. The second-order valence-corrected chi connectivity index (χ2v) is 9.23. The van der Waals surface area contributed by atoms with Crippen molar-refractivity contribution in [3.63, 3.8) is 0 Å². The average molecular weight is 555 g/mol. The molecule has 1 saturated heterocycles. The summed E-state index contributed by atoms with van der Waals surface area (Å²) < 4.78 is 28.1. The zero-order valence-electron chi connectivity index (χ0n) is 16.3. The molecule has 1 fully saturated rings. The Kier molecular flexibility index (Phi) is 6.92. The number of aliphatic hydroxyl groups excluding tert-OH is 1. The van der Waals surface area contributed by atoms with Crippen LogP contribution in [0, 0.1) is 0 Å². The van der Waals surface area contributed by atoms with Crippen molar-refractivity contribution in [1.82, 2.24) is 9.80 Å². The van der Waals surface area contributed by atoms with Crippen LogP contribution in [0.25, 0.3) is 0 Å². The zero-order valence-corrected chi connectivity index (χ0v) is 19.2. The number of nitrogens with zero attached hydrogens (tertiary/aromatic N) is 3. The van der Waals surface area contributed by atoms with Gasteiger partial charge in [-0.05, 0) is 28.7 Å². The van der Waals surface area contributed by atoms with Gasteiger partial charge in [0, 0.05) is 11.1 Å². The quantitative estimate of drug-likeness (QED) is 0.112. The number of nitrogens with two attached hydrogens (primary N) is 2. The van der Waals surface area contributed by atoms with Gasteiger partial charge in [0.15, 0.2) is 5.83 Å². The molecule has 164 valence electrons. The summed E-state index contributed by atoms with van der Waals surface area (Å²) in [5, 5.41) is 17.5. The van der Waals surface area contributed by atoms with E-state index in [-0.39, 0.29) is 10.9 Å². The SMILES string of the molecule is C[N+]1=C(N2CCN(/C(N)=C(Cl)/C=C(\F)C(O)O)CC2)c2c(cccc2[C@@](N)(F)I)C1. The van der Waals surface area contributed by atoms with Crippen LogP contribution in [-0.2, 0) is 10.3 Å². The molecule has 2 aliphatic heterocycles. The molecule has 11 heteroatoms. The molecule has 0 bridgehead atoms. The summed E-state index contributed by atoms with van der Waals surface area (Å²) in [6.45, 7) is 2.83. The summed E-state index contributed by atoms with van der Waals surface area (Å²) in [5.74, 6) is -0.133. The van der Waals surface area contributed by atoms with Crippen LogP contribution in [0.1, 0.15) is 16.7 Å². The van der Waals surface area contributed by atoms with Gasteiger partial charge in [-0.15, -0.1) is 0 Å². The number of halogens is 4. The molecule has 6 N–H and O–H groups in total. The topological polar surface area (TPSA) is 102 Å². The summed E-state index contributed by atoms with van der Waals surface area (Å²) in [6, 6.07) is 5.49. The van der Waals surface area contributed by atoms with Crippen molar-refractivity contribution in [3.05, 3.63) is 57.6 Å². The fraction of sp³-hybridized carbons (Fsp3) is 0.421. The van der Waals surface area contributed by atoms with Gasteiger partial charge in [0.2, 0.25) is 10.1 Å². The number of rotatable bonds is 4. The minimum absolute atomic E-state index is 0.109. The molecular weight excluding hydrogens is 531 g/mol. The second-order valence-electron chi connectivity index (χ2n) is 7.25. The Morgan fingerprint density at radius 1 is 1.33 bits per heavy atom. The fourth-order valence-electron chi connectivity index (χ4n) is 3.77. The lowest BCUT2D eigenvalue weighted by Crippen LogP contribution is -2.51. The second kappa shape index (κ2) is 8.95. The van der Waals surface area contributed by atoms with E-state index in [2.05, 4.69) is 9.48 Å². The first-order valence-corrected chi connectivity index (χ1v) is 10.7. The Labute approximate surface area is 192 Å². The number of aliphatic hydroxyl groups is 2. The maximum atomic E-state index is 14.7. The van der Waals surface area contributed by atoms with Crippen LogP contribution in [0.3, 0.4) is 0 Å². The van der Waals surface area contributed by atoms with E-state index in [0.717, 1.165) is 23.0 Å². The van der Waals surface area contributed by atoms with Crippen molar-refractivity contribution in [1.29, 1.82) is 0 Å². The van der Waals surface area contributed by atoms with Gasteiger partial charge in [0.05, 0.1) is 30.7 Å². The Morgan fingerprint density at radius 2 is 1.97 bits per heavy atom. The highest BCUT2D eigenvalue weighted by molar-refractivity contribution is 14.1. The third-order valence-electron chi connectivity index (χ3n) is 5.18. The third-order valence-corrected chi connectivity index (χ3v) is 6.06. The molecule has 0 aromatic heterocycles. The van der Waals surface area contributed by atoms with Crippen molar-refractivity contribution in [2.45, 2.75) is 16.6 Å². The van der Waals surface area contributed by atoms with E-state index in [9.17, 15) is 8.78 Å². The third kappa shape index (κ3) is 4.72. The molecule has 0 saturated carbocycles. The summed E-state index contributed by atoms with van der Waals surface area (Å²) in [4.78, 5) is 3.93. The summed E-state index contributed by atoms with van der Waals surface area (Å²) in [7, 11) is 1.95. The highest BCUT2D eigenvalue weighted by atomic mass is 127. The molecule has 30 heavy (non-hydrogen) atoms. The normalized spacial score (nSPS) is 20.5. The molecular formula is C19H24ClF2IN5O2+. The molecule has 2 heterocycles. The lowest BCUT2D eigenvalue weighted by Gasteiger charge is -2.34. The largest absolute Gasteiger partial charge is 0.384 e. The molecule has 1 atom stereocenters. The average Bonchev–Trinajstić information content (AvgIpc) is 3.02. The van der Waals surface area contributed by atoms with E-state index in [1.165, 1.54) is 0 Å². The molecule has 1 aromatic rings. The summed E-state index contributed by atoms with van der Waals surface area (Å²) >= 11 is 7.62. The molecule has 0 amide bonds. The van der Waals surface area contributed by atoms with Crippen LogP contribution in [0.4, 0.5) is 8.78 Å². The number of hydrogen-bond acceptors (Lipinski definition) is 6. The lowest BCUT2D eigenvalue weighted by atomic mass is 10.0. The number of piperazine rings is 1. The monoisotopic (exact) mass is 554 g/mol. The smallest absolute Gasteiger partial charge is 0.280 e. The van der Waals surface area contributed by atoms with E-state index < -0.39 is 15.9 Å². The van der Waals surface area contributed by atoms with Crippen LogP contribution >= 0.6 is 34.2 Å². The van der Waals surface area contributed by atoms with Gasteiger partial charge in [-0.1, -0.05) is 29.8 Å². The maximum Gasteiger partial charge on any atom is 0.280 e. The minimum Gasteiger partial charge on any atom is -0.384 e. The first-order chi connectivity index (χ1) is 14.0. The highest BCUT2D eigenvalue weighted by Crippen LogP contribution is 2.35. The Bertz CT molecular complexity index is 922. The van der Waals surface area contributed by atoms with Gasteiger partial charge in [-0.2, -0.15) is 0 Å². The van der Waals surface area contributed by atoms with E-state index in [4.69, 9.17) is 33.3 Å². The molecule has 1 aromatic carbocycles. The standard InChI is InChI=1S/C19H24ClF2IN5O2/c1-26-10-11-3-2-4-12(19(22,23)25)15(11)17(26)28-7-5-27(6-8-28)16(24)13(20)9-14(21)18(29)30/h2-4,9,18,29-30H,5-8,10,24-25H2,1H3/q+1/b14-9-,16-13-/t19-/m1/s1. The van der Waals surface area contributed by atoms with Crippen LogP contribution in [0.15, 0.2) is 41.0 Å². The summed E-state index contributed by atoms with van der Waals surface area (Å²) in [6.07, 6.45) is -1.45. The van der Waals surface area contributed by atoms with Gasteiger partial charge < -0.3 is 20.8 Å². The number of allylic oxidation sites excluding steroid dienone is 2. The zero-order chi connectivity index (χ0) is 22.2. The number of amidine groups is 1. The van der Waals surface area contributed by atoms with E-state index in [1.54, 1.807) is 33.6 Å². The van der Waals surface area contributed by atoms with Crippen molar-refractivity contribution in [3.8, 4) is 0 Å². The van der Waals surface area contributed by atoms with Crippen LogP contribution < -0.4 is 11.5 Å². The molecule has 0 unspecified atom stereocenters. The van der Waals surface area contributed by atoms with Gasteiger partial charge in [0.1, 0.15) is 25.5 Å². The van der Waals surface area contributed by atoms with Gasteiger partial charge in [-0.25, -0.2) is 8.78 Å². The van der Waals surface area contributed by atoms with Gasteiger partial charge in [0.25, 0.3) is 5.84 Å². The van der Waals surface area contributed by atoms with Crippen molar-refractivity contribution in [2.75, 3.05) is 33.2 Å². The first-order valence-electron chi connectivity index (χ1n) is 9.26.